The van der Waals surface area contributed by atoms with Crippen molar-refractivity contribution in [2.24, 2.45) is 11.7 Å². The number of nitrogens with two attached hydrogens (primary N) is 1. The van der Waals surface area contributed by atoms with E-state index in [1.807, 2.05) is 13.8 Å². The van der Waals surface area contributed by atoms with E-state index in [4.69, 9.17) is 5.73 Å². The van der Waals surface area contributed by atoms with E-state index < -0.39 is 0 Å². The quantitative estimate of drug-likeness (QED) is 0.596. The fourth-order valence-corrected chi connectivity index (χ4v) is 0.825. The number of carbonyl (C=O) groups excluding carboxylic acids is 1. The van der Waals surface area contributed by atoms with Crippen LogP contribution in [0, 0.1) is 5.92 Å². The Morgan fingerprint density at radius 1 is 1.50 bits per heavy atom. The third-order valence-electron chi connectivity index (χ3n) is 1.74. The van der Waals surface area contributed by atoms with Gasteiger partial charge in [-0.3, -0.25) is 0 Å². The Kier molecular flexibility index (Phi) is 4.59. The molecule has 0 aromatic carbocycles. The summed E-state index contributed by atoms with van der Waals surface area (Å²) in [6.45, 7) is 9.57. The molecule has 0 saturated heterocycles. The van der Waals surface area contributed by atoms with E-state index in [-0.39, 0.29) is 12.1 Å². The van der Waals surface area contributed by atoms with Crippen molar-refractivity contribution in [2.45, 2.75) is 32.9 Å². The number of hydrogen-bond donors (Lipinski definition) is 2. The van der Waals surface area contributed by atoms with E-state index in [9.17, 15) is 4.79 Å². The van der Waals surface area contributed by atoms with Crippen LogP contribution in [-0.2, 0) is 4.79 Å². The van der Waals surface area contributed by atoms with Crippen molar-refractivity contribution < 1.29 is 4.79 Å². The summed E-state index contributed by atoms with van der Waals surface area (Å²) in [5.74, 6) is 0.337. The van der Waals surface area contributed by atoms with Crippen LogP contribution in [0.4, 0.5) is 0 Å². The van der Waals surface area contributed by atoms with Gasteiger partial charge in [0, 0.05) is 11.7 Å². The van der Waals surface area contributed by atoms with E-state index >= 15 is 0 Å². The molecule has 0 aliphatic carbocycles. The summed E-state index contributed by atoms with van der Waals surface area (Å²) in [5.41, 5.74) is 6.51. The molecule has 0 fully saturated rings. The molecule has 3 N–H and O–H groups in total. The SMILES string of the molecule is C=C(NC(C)C=O)C(N)C(C)C. The first-order chi connectivity index (χ1) is 5.49. The Balaban J connectivity index is 3.95. The second kappa shape index (κ2) is 4.93. The Bertz CT molecular complexity index is 166. The number of rotatable bonds is 5. The van der Waals surface area contributed by atoms with Gasteiger partial charge in [-0.25, -0.2) is 0 Å². The third-order valence-corrected chi connectivity index (χ3v) is 1.74. The summed E-state index contributed by atoms with van der Waals surface area (Å²) in [4.78, 5) is 10.3. The first-order valence-electron chi connectivity index (χ1n) is 4.15. The minimum absolute atomic E-state index is 0.0904. The second-order valence-corrected chi connectivity index (χ2v) is 3.36. The van der Waals surface area contributed by atoms with Crippen molar-refractivity contribution in [1.82, 2.24) is 5.32 Å². The predicted octanol–water partition coefficient (Wildman–Crippen LogP) is 0.660. The lowest BCUT2D eigenvalue weighted by Gasteiger charge is -2.21. The van der Waals surface area contributed by atoms with Crippen LogP contribution in [0.5, 0.6) is 0 Å². The molecule has 2 atom stereocenters. The van der Waals surface area contributed by atoms with Crippen LogP contribution >= 0.6 is 0 Å². The molecule has 70 valence electrons. The highest BCUT2D eigenvalue weighted by Crippen LogP contribution is 2.05. The Morgan fingerprint density at radius 2 is 2.00 bits per heavy atom. The lowest BCUT2D eigenvalue weighted by molar-refractivity contribution is -0.109. The van der Waals surface area contributed by atoms with Crippen molar-refractivity contribution in [1.29, 1.82) is 0 Å². The zero-order chi connectivity index (χ0) is 9.72. The van der Waals surface area contributed by atoms with Crippen LogP contribution in [0.25, 0.3) is 0 Å². The van der Waals surface area contributed by atoms with E-state index in [0.29, 0.717) is 5.92 Å². The number of aldehydes is 1. The van der Waals surface area contributed by atoms with Gasteiger partial charge < -0.3 is 15.8 Å². The zero-order valence-electron chi connectivity index (χ0n) is 8.00. The van der Waals surface area contributed by atoms with Gasteiger partial charge in [0.1, 0.15) is 6.29 Å². The topological polar surface area (TPSA) is 55.1 Å². The van der Waals surface area contributed by atoms with Crippen LogP contribution in [0.3, 0.4) is 0 Å². The molecule has 0 aromatic heterocycles. The van der Waals surface area contributed by atoms with E-state index in [1.165, 1.54) is 0 Å². The molecule has 0 aliphatic heterocycles. The van der Waals surface area contributed by atoms with Crippen LogP contribution in [0.1, 0.15) is 20.8 Å². The molecule has 0 saturated carbocycles. The zero-order valence-corrected chi connectivity index (χ0v) is 8.00. The molecule has 0 aliphatic rings. The van der Waals surface area contributed by atoms with Crippen molar-refractivity contribution in [3.8, 4) is 0 Å². The van der Waals surface area contributed by atoms with Crippen molar-refractivity contribution in [3.63, 3.8) is 0 Å². The van der Waals surface area contributed by atoms with Crippen LogP contribution in [0.15, 0.2) is 12.3 Å². The molecule has 0 radical (unpaired) electrons. The molecule has 3 heteroatoms. The first-order valence-corrected chi connectivity index (χ1v) is 4.15. The van der Waals surface area contributed by atoms with Gasteiger partial charge in [0.15, 0.2) is 0 Å². The van der Waals surface area contributed by atoms with E-state index in [1.54, 1.807) is 6.92 Å². The molecule has 2 unspecified atom stereocenters. The maximum Gasteiger partial charge on any atom is 0.141 e. The number of carbonyl (C=O) groups is 1. The highest BCUT2D eigenvalue weighted by Gasteiger charge is 2.12. The molecule has 0 aromatic rings. The maximum absolute atomic E-state index is 10.3. The predicted molar refractivity (Wildman–Crippen MR) is 50.6 cm³/mol. The lowest BCUT2D eigenvalue weighted by atomic mass is 10.0. The summed E-state index contributed by atoms with van der Waals surface area (Å²) in [5, 5.41) is 2.92. The highest BCUT2D eigenvalue weighted by atomic mass is 16.1. The van der Waals surface area contributed by atoms with Crippen LogP contribution in [-0.4, -0.2) is 18.4 Å². The maximum atomic E-state index is 10.3. The molecule has 0 amide bonds. The smallest absolute Gasteiger partial charge is 0.141 e. The number of hydrogen-bond acceptors (Lipinski definition) is 3. The fraction of sp³-hybridized carbons (Fsp3) is 0.667. The Labute approximate surface area is 74.0 Å². The van der Waals surface area contributed by atoms with E-state index in [0.717, 1.165) is 12.0 Å². The molecule has 12 heavy (non-hydrogen) atoms. The molecule has 3 nitrogen and oxygen atoms in total. The average molecular weight is 170 g/mol. The van der Waals surface area contributed by atoms with Crippen molar-refractivity contribution in [2.75, 3.05) is 0 Å². The summed E-state index contributed by atoms with van der Waals surface area (Å²) in [6, 6.07) is -0.297. The third kappa shape index (κ3) is 3.53. The summed E-state index contributed by atoms with van der Waals surface area (Å²) in [6.07, 6.45) is 0.832. The second-order valence-electron chi connectivity index (χ2n) is 3.36. The Morgan fingerprint density at radius 3 is 2.33 bits per heavy atom. The number of nitrogens with one attached hydrogen (secondary N) is 1. The fourth-order valence-electron chi connectivity index (χ4n) is 0.825. The monoisotopic (exact) mass is 170 g/mol. The van der Waals surface area contributed by atoms with Gasteiger partial charge >= 0.3 is 0 Å². The first kappa shape index (κ1) is 11.2. The van der Waals surface area contributed by atoms with Gasteiger partial charge in [0.2, 0.25) is 0 Å². The summed E-state index contributed by atoms with van der Waals surface area (Å²) in [7, 11) is 0. The summed E-state index contributed by atoms with van der Waals surface area (Å²) >= 11 is 0. The molecule has 0 rings (SSSR count). The highest BCUT2D eigenvalue weighted by molar-refractivity contribution is 5.57. The van der Waals surface area contributed by atoms with Gasteiger partial charge in [-0.1, -0.05) is 20.4 Å². The normalized spacial score (nSPS) is 15.4. The van der Waals surface area contributed by atoms with Crippen molar-refractivity contribution in [3.05, 3.63) is 12.3 Å². The van der Waals surface area contributed by atoms with Crippen LogP contribution in [0.2, 0.25) is 0 Å². The van der Waals surface area contributed by atoms with Gasteiger partial charge in [0.25, 0.3) is 0 Å². The van der Waals surface area contributed by atoms with Crippen LogP contribution < -0.4 is 11.1 Å². The van der Waals surface area contributed by atoms with Gasteiger partial charge in [0.05, 0.1) is 6.04 Å². The standard InChI is InChI=1S/C9H18N2O/c1-6(2)9(10)8(4)11-7(3)5-12/h5-7,9,11H,4,10H2,1-3H3. The van der Waals surface area contributed by atoms with Gasteiger partial charge in [-0.2, -0.15) is 0 Å². The minimum atomic E-state index is -0.206. The van der Waals surface area contributed by atoms with E-state index in [2.05, 4.69) is 11.9 Å². The molecular formula is C9H18N2O. The average Bonchev–Trinajstić information content (AvgIpc) is 2.02. The minimum Gasteiger partial charge on any atom is -0.378 e. The molecule has 0 heterocycles. The van der Waals surface area contributed by atoms with Gasteiger partial charge in [-0.05, 0) is 12.8 Å². The molecule has 0 spiro atoms. The Hall–Kier alpha value is -0.830. The molecular weight excluding hydrogens is 152 g/mol. The summed E-state index contributed by atoms with van der Waals surface area (Å²) < 4.78 is 0. The lowest BCUT2D eigenvalue weighted by Crippen LogP contribution is -2.39. The van der Waals surface area contributed by atoms with Crippen molar-refractivity contribution >= 4 is 6.29 Å². The molecule has 0 bridgehead atoms. The largest absolute Gasteiger partial charge is 0.378 e. The van der Waals surface area contributed by atoms with Gasteiger partial charge in [-0.15, -0.1) is 0 Å².